The molecule has 3 nitrogen and oxygen atoms in total. The minimum atomic E-state index is -0.959. The Morgan fingerprint density at radius 1 is 0.905 bits per heavy atom. The first kappa shape index (κ1) is 13.2. The molecule has 0 unspecified atom stereocenters. The van der Waals surface area contributed by atoms with E-state index in [1.54, 1.807) is 30.3 Å². The Balaban J connectivity index is 2.01. The smallest absolute Gasteiger partial charge is 0.266 e. The van der Waals surface area contributed by atoms with Gasteiger partial charge in [-0.2, -0.15) is 0 Å². The van der Waals surface area contributed by atoms with Crippen molar-refractivity contribution in [2.24, 2.45) is 0 Å². The fourth-order valence-electron chi connectivity index (χ4n) is 2.19. The van der Waals surface area contributed by atoms with Gasteiger partial charge in [0.05, 0.1) is 11.3 Å². The van der Waals surface area contributed by atoms with Gasteiger partial charge < -0.3 is 0 Å². The summed E-state index contributed by atoms with van der Waals surface area (Å²) in [6.07, 6.45) is 1.15. The molecule has 1 aliphatic rings. The van der Waals surface area contributed by atoms with Crippen LogP contribution in [0.25, 0.3) is 5.57 Å². The zero-order valence-electron chi connectivity index (χ0n) is 10.7. The van der Waals surface area contributed by atoms with Gasteiger partial charge in [-0.15, -0.1) is 0 Å². The fraction of sp³-hybridized carbons (Fsp3) is 0. The average molecular weight is 285 g/mol. The summed E-state index contributed by atoms with van der Waals surface area (Å²) in [4.78, 5) is 25.0. The van der Waals surface area contributed by atoms with Gasteiger partial charge in [-0.25, -0.2) is 13.7 Å². The number of hydrogen-bond acceptors (Lipinski definition) is 2. The van der Waals surface area contributed by atoms with Crippen molar-refractivity contribution in [1.29, 1.82) is 0 Å². The van der Waals surface area contributed by atoms with Crippen LogP contribution in [0.1, 0.15) is 5.56 Å². The second-order valence-corrected chi connectivity index (χ2v) is 4.50. The molecular weight excluding hydrogens is 276 g/mol. The highest BCUT2D eigenvalue weighted by Gasteiger charge is 2.34. The van der Waals surface area contributed by atoms with E-state index in [9.17, 15) is 18.4 Å². The van der Waals surface area contributed by atoms with Crippen LogP contribution in [0.5, 0.6) is 0 Å². The summed E-state index contributed by atoms with van der Waals surface area (Å²) in [6, 6.07) is 11.3. The molecule has 1 aliphatic heterocycles. The number of imide groups is 1. The molecule has 21 heavy (non-hydrogen) atoms. The van der Waals surface area contributed by atoms with Crippen molar-refractivity contribution in [3.8, 4) is 0 Å². The van der Waals surface area contributed by atoms with Gasteiger partial charge in [0.1, 0.15) is 11.6 Å². The SMILES string of the molecule is O=C1C=C(c2ccccc2)C(=O)N1c1ccc(F)cc1F. The normalized spacial score (nSPS) is 14.6. The first-order chi connectivity index (χ1) is 10.1. The van der Waals surface area contributed by atoms with Crippen LogP contribution >= 0.6 is 0 Å². The number of rotatable bonds is 2. The van der Waals surface area contributed by atoms with E-state index in [0.29, 0.717) is 16.5 Å². The second-order valence-electron chi connectivity index (χ2n) is 4.50. The summed E-state index contributed by atoms with van der Waals surface area (Å²) in [5.74, 6) is -3.01. The lowest BCUT2D eigenvalue weighted by Gasteiger charge is -2.15. The zero-order valence-corrected chi connectivity index (χ0v) is 10.7. The molecule has 2 aromatic carbocycles. The second kappa shape index (κ2) is 4.94. The van der Waals surface area contributed by atoms with Crippen LogP contribution in [0.15, 0.2) is 54.6 Å². The molecule has 0 N–H and O–H groups in total. The number of nitrogens with zero attached hydrogens (tertiary/aromatic N) is 1. The van der Waals surface area contributed by atoms with E-state index in [4.69, 9.17) is 0 Å². The maximum atomic E-state index is 13.8. The summed E-state index contributed by atoms with van der Waals surface area (Å²) < 4.78 is 26.7. The molecule has 0 aliphatic carbocycles. The van der Waals surface area contributed by atoms with E-state index in [0.717, 1.165) is 18.2 Å². The topological polar surface area (TPSA) is 37.4 Å². The molecule has 5 heteroatoms. The summed E-state index contributed by atoms with van der Waals surface area (Å²) in [5.41, 5.74) is 0.499. The first-order valence-electron chi connectivity index (χ1n) is 6.18. The van der Waals surface area contributed by atoms with Gasteiger partial charge in [-0.05, 0) is 17.7 Å². The van der Waals surface area contributed by atoms with Crippen molar-refractivity contribution >= 4 is 23.1 Å². The molecule has 0 spiro atoms. The van der Waals surface area contributed by atoms with E-state index in [-0.39, 0.29) is 11.3 Å². The third kappa shape index (κ3) is 2.23. The molecule has 2 amide bonds. The van der Waals surface area contributed by atoms with Gasteiger partial charge in [0, 0.05) is 12.1 Å². The van der Waals surface area contributed by atoms with Crippen LogP contribution in [0.4, 0.5) is 14.5 Å². The molecule has 0 aromatic heterocycles. The molecule has 0 fully saturated rings. The summed E-state index contributed by atoms with van der Waals surface area (Å²) in [6.45, 7) is 0. The number of carbonyl (C=O) groups excluding carboxylic acids is 2. The molecule has 1 heterocycles. The van der Waals surface area contributed by atoms with Crippen molar-refractivity contribution in [3.05, 3.63) is 71.8 Å². The average Bonchev–Trinajstić information content (AvgIpc) is 2.76. The number of halogens is 2. The molecule has 3 rings (SSSR count). The Morgan fingerprint density at radius 2 is 1.62 bits per heavy atom. The van der Waals surface area contributed by atoms with E-state index in [1.807, 2.05) is 0 Å². The van der Waals surface area contributed by atoms with Crippen molar-refractivity contribution in [3.63, 3.8) is 0 Å². The summed E-state index contributed by atoms with van der Waals surface area (Å²) >= 11 is 0. The monoisotopic (exact) mass is 285 g/mol. The van der Waals surface area contributed by atoms with Crippen LogP contribution in [0.3, 0.4) is 0 Å². The van der Waals surface area contributed by atoms with E-state index < -0.39 is 23.4 Å². The van der Waals surface area contributed by atoms with Crippen LogP contribution in [0.2, 0.25) is 0 Å². The van der Waals surface area contributed by atoms with Crippen LogP contribution in [-0.4, -0.2) is 11.8 Å². The number of carbonyl (C=O) groups is 2. The standard InChI is InChI=1S/C16H9F2NO2/c17-11-6-7-14(13(18)8-11)19-15(20)9-12(16(19)21)10-4-2-1-3-5-10/h1-9H. The van der Waals surface area contributed by atoms with Gasteiger partial charge in [0.25, 0.3) is 11.8 Å². The van der Waals surface area contributed by atoms with Crippen molar-refractivity contribution in [2.75, 3.05) is 4.90 Å². The van der Waals surface area contributed by atoms with Crippen molar-refractivity contribution in [2.45, 2.75) is 0 Å². The Morgan fingerprint density at radius 3 is 2.29 bits per heavy atom. The molecule has 0 atom stereocenters. The lowest BCUT2D eigenvalue weighted by atomic mass is 10.1. The van der Waals surface area contributed by atoms with Crippen LogP contribution in [-0.2, 0) is 9.59 Å². The minimum absolute atomic E-state index is 0.185. The lowest BCUT2D eigenvalue weighted by molar-refractivity contribution is -0.119. The van der Waals surface area contributed by atoms with Gasteiger partial charge in [-0.3, -0.25) is 9.59 Å². The fourth-order valence-corrected chi connectivity index (χ4v) is 2.19. The van der Waals surface area contributed by atoms with Gasteiger partial charge in [-0.1, -0.05) is 30.3 Å². The Hall–Kier alpha value is -2.82. The maximum Gasteiger partial charge on any atom is 0.266 e. The van der Waals surface area contributed by atoms with Crippen molar-refractivity contribution in [1.82, 2.24) is 0 Å². The Labute approximate surface area is 119 Å². The number of amides is 2. The lowest BCUT2D eigenvalue weighted by Crippen LogP contribution is -2.31. The highest BCUT2D eigenvalue weighted by Crippen LogP contribution is 2.30. The summed E-state index contributed by atoms with van der Waals surface area (Å²) in [7, 11) is 0. The zero-order chi connectivity index (χ0) is 15.0. The maximum absolute atomic E-state index is 13.8. The number of anilines is 1. The third-order valence-electron chi connectivity index (χ3n) is 3.16. The van der Waals surface area contributed by atoms with Gasteiger partial charge >= 0.3 is 0 Å². The van der Waals surface area contributed by atoms with Crippen LogP contribution in [0, 0.1) is 11.6 Å². The Bertz CT molecular complexity index is 769. The molecule has 0 bridgehead atoms. The van der Waals surface area contributed by atoms with E-state index in [1.165, 1.54) is 0 Å². The highest BCUT2D eigenvalue weighted by atomic mass is 19.1. The molecule has 104 valence electrons. The van der Waals surface area contributed by atoms with Gasteiger partial charge in [0.2, 0.25) is 0 Å². The molecule has 0 radical (unpaired) electrons. The minimum Gasteiger partial charge on any atom is -0.269 e. The predicted octanol–water partition coefficient (Wildman–Crippen LogP) is 2.92. The molecule has 0 saturated heterocycles. The van der Waals surface area contributed by atoms with Crippen molar-refractivity contribution < 1.29 is 18.4 Å². The first-order valence-corrected chi connectivity index (χ1v) is 6.18. The predicted molar refractivity (Wildman–Crippen MR) is 73.3 cm³/mol. The highest BCUT2D eigenvalue weighted by molar-refractivity contribution is 6.43. The quantitative estimate of drug-likeness (QED) is 0.796. The number of hydrogen-bond donors (Lipinski definition) is 0. The number of benzene rings is 2. The Kier molecular flexibility index (Phi) is 3.10. The largest absolute Gasteiger partial charge is 0.269 e. The van der Waals surface area contributed by atoms with E-state index >= 15 is 0 Å². The van der Waals surface area contributed by atoms with E-state index in [2.05, 4.69) is 0 Å². The third-order valence-corrected chi connectivity index (χ3v) is 3.16. The molecule has 2 aromatic rings. The molecular formula is C16H9F2NO2. The summed E-state index contributed by atoms with van der Waals surface area (Å²) in [5, 5.41) is 0. The molecule has 0 saturated carbocycles. The van der Waals surface area contributed by atoms with Crippen LogP contribution < -0.4 is 4.90 Å². The van der Waals surface area contributed by atoms with Gasteiger partial charge in [0.15, 0.2) is 0 Å².